The molecule has 3 rings (SSSR count). The number of nitrogens with zero attached hydrogens (tertiary/aromatic N) is 1. The summed E-state index contributed by atoms with van der Waals surface area (Å²) in [6.07, 6.45) is 6.79. The van der Waals surface area contributed by atoms with E-state index in [0.29, 0.717) is 18.1 Å². The minimum atomic E-state index is 0.106. The van der Waals surface area contributed by atoms with E-state index in [4.69, 9.17) is 11.6 Å². The second-order valence-electron chi connectivity index (χ2n) is 6.70. The van der Waals surface area contributed by atoms with Gasteiger partial charge in [-0.3, -0.25) is 9.69 Å². The zero-order valence-corrected chi connectivity index (χ0v) is 13.8. The highest BCUT2D eigenvalue weighted by atomic mass is 35.5. The Kier molecular flexibility index (Phi) is 5.37. The van der Waals surface area contributed by atoms with Crippen molar-refractivity contribution in [3.63, 3.8) is 0 Å². The lowest BCUT2D eigenvalue weighted by molar-refractivity contribution is -0.123. The second kappa shape index (κ2) is 7.47. The number of benzene rings is 1. The van der Waals surface area contributed by atoms with E-state index in [1.54, 1.807) is 0 Å². The van der Waals surface area contributed by atoms with Gasteiger partial charge in [0.1, 0.15) is 0 Å². The van der Waals surface area contributed by atoms with E-state index in [2.05, 4.69) is 10.2 Å². The smallest absolute Gasteiger partial charge is 0.234 e. The molecule has 22 heavy (non-hydrogen) atoms. The number of likely N-dealkylation sites (tertiary alicyclic amines) is 1. The first-order valence-electron chi connectivity index (χ1n) is 8.45. The van der Waals surface area contributed by atoms with E-state index < -0.39 is 0 Å². The molecular weight excluding hydrogens is 296 g/mol. The van der Waals surface area contributed by atoms with E-state index in [1.807, 2.05) is 24.3 Å². The number of hydrogen-bond donors (Lipinski definition) is 1. The number of halogens is 1. The molecule has 2 atom stereocenters. The quantitative estimate of drug-likeness (QED) is 0.921. The monoisotopic (exact) mass is 320 g/mol. The first-order chi connectivity index (χ1) is 10.7. The van der Waals surface area contributed by atoms with Gasteiger partial charge in [0.2, 0.25) is 5.91 Å². The summed E-state index contributed by atoms with van der Waals surface area (Å²) in [5.41, 5.74) is 0.975. The van der Waals surface area contributed by atoms with Crippen molar-refractivity contribution in [2.45, 2.75) is 38.6 Å². The molecule has 3 nitrogen and oxygen atoms in total. The maximum Gasteiger partial charge on any atom is 0.234 e. The molecule has 1 N–H and O–H groups in total. The highest BCUT2D eigenvalue weighted by Crippen LogP contribution is 2.35. The molecule has 120 valence electrons. The van der Waals surface area contributed by atoms with Crippen LogP contribution in [-0.2, 0) is 11.3 Å². The average Bonchev–Trinajstić information content (AvgIpc) is 2.54. The third kappa shape index (κ3) is 4.02. The van der Waals surface area contributed by atoms with Crippen molar-refractivity contribution in [3.8, 4) is 0 Å². The highest BCUT2D eigenvalue weighted by Gasteiger charge is 2.31. The summed E-state index contributed by atoms with van der Waals surface area (Å²) >= 11 is 6.11. The molecule has 4 heteroatoms. The molecule has 1 saturated carbocycles. The molecule has 0 bridgehead atoms. The Labute approximate surface area is 138 Å². The van der Waals surface area contributed by atoms with Gasteiger partial charge < -0.3 is 5.32 Å². The zero-order valence-electron chi connectivity index (χ0n) is 13.1. The molecule has 0 unspecified atom stereocenters. The molecule has 1 aliphatic heterocycles. The largest absolute Gasteiger partial charge is 0.351 e. The van der Waals surface area contributed by atoms with Gasteiger partial charge in [-0.1, -0.05) is 49.1 Å². The Bertz CT molecular complexity index is 520. The van der Waals surface area contributed by atoms with Crippen LogP contribution in [0.5, 0.6) is 0 Å². The van der Waals surface area contributed by atoms with Crippen molar-refractivity contribution >= 4 is 17.5 Å². The molecule has 1 amide bonds. The molecule has 0 spiro atoms. The van der Waals surface area contributed by atoms with Crippen molar-refractivity contribution in [2.75, 3.05) is 19.6 Å². The fourth-order valence-corrected chi connectivity index (χ4v) is 4.12. The molecule has 2 fully saturated rings. The summed E-state index contributed by atoms with van der Waals surface area (Å²) < 4.78 is 0. The van der Waals surface area contributed by atoms with Crippen LogP contribution in [0, 0.1) is 11.8 Å². The topological polar surface area (TPSA) is 32.3 Å². The van der Waals surface area contributed by atoms with E-state index >= 15 is 0 Å². The normalized spacial score (nSPS) is 25.5. The van der Waals surface area contributed by atoms with Crippen molar-refractivity contribution in [1.82, 2.24) is 10.2 Å². The van der Waals surface area contributed by atoms with Crippen LogP contribution in [-0.4, -0.2) is 30.4 Å². The van der Waals surface area contributed by atoms with Crippen molar-refractivity contribution in [3.05, 3.63) is 34.9 Å². The Hall–Kier alpha value is -1.06. The van der Waals surface area contributed by atoms with Crippen LogP contribution >= 0.6 is 11.6 Å². The zero-order chi connectivity index (χ0) is 15.4. The SMILES string of the molecule is O=C(CN1CC[C@@H]2CCCC[C@@H]2C1)NCc1ccccc1Cl. The fourth-order valence-electron chi connectivity index (χ4n) is 3.91. The Morgan fingerprint density at radius 1 is 1.18 bits per heavy atom. The fraction of sp³-hybridized carbons (Fsp3) is 0.611. The summed E-state index contributed by atoms with van der Waals surface area (Å²) in [6.45, 7) is 3.21. The second-order valence-corrected chi connectivity index (χ2v) is 7.10. The van der Waals surface area contributed by atoms with Crippen molar-refractivity contribution in [2.24, 2.45) is 11.8 Å². The van der Waals surface area contributed by atoms with Gasteiger partial charge in [-0.15, -0.1) is 0 Å². The summed E-state index contributed by atoms with van der Waals surface area (Å²) in [4.78, 5) is 14.5. The van der Waals surface area contributed by atoms with Gasteiger partial charge in [0, 0.05) is 18.1 Å². The lowest BCUT2D eigenvalue weighted by Gasteiger charge is -2.41. The summed E-state index contributed by atoms with van der Waals surface area (Å²) in [5, 5.41) is 3.71. The molecule has 0 radical (unpaired) electrons. The van der Waals surface area contributed by atoms with Crippen LogP contribution in [0.4, 0.5) is 0 Å². The lowest BCUT2D eigenvalue weighted by Crippen LogP contribution is -2.46. The van der Waals surface area contributed by atoms with E-state index in [-0.39, 0.29) is 5.91 Å². The summed E-state index contributed by atoms with van der Waals surface area (Å²) in [5.74, 6) is 1.84. The predicted octanol–water partition coefficient (Wildman–Crippen LogP) is 3.47. The summed E-state index contributed by atoms with van der Waals surface area (Å²) in [6, 6.07) is 7.66. The molecule has 2 aliphatic rings. The molecule has 0 aromatic heterocycles. The summed E-state index contributed by atoms with van der Waals surface area (Å²) in [7, 11) is 0. The molecule has 1 saturated heterocycles. The van der Waals surface area contributed by atoms with Gasteiger partial charge in [-0.25, -0.2) is 0 Å². The first kappa shape index (κ1) is 15.8. The Morgan fingerprint density at radius 3 is 2.77 bits per heavy atom. The number of carbonyl (C=O) groups is 1. The van der Waals surface area contributed by atoms with Crippen molar-refractivity contribution in [1.29, 1.82) is 0 Å². The predicted molar refractivity (Wildman–Crippen MR) is 89.8 cm³/mol. The number of rotatable bonds is 4. The average molecular weight is 321 g/mol. The van der Waals surface area contributed by atoms with Gasteiger partial charge in [0.25, 0.3) is 0 Å². The number of carbonyl (C=O) groups excluding carboxylic acids is 1. The van der Waals surface area contributed by atoms with Gasteiger partial charge in [-0.2, -0.15) is 0 Å². The van der Waals surface area contributed by atoms with Gasteiger partial charge in [-0.05, 0) is 42.9 Å². The van der Waals surface area contributed by atoms with Crippen LogP contribution < -0.4 is 5.32 Å². The molecule has 1 aromatic carbocycles. The first-order valence-corrected chi connectivity index (χ1v) is 8.82. The Balaban J connectivity index is 1.45. The van der Waals surface area contributed by atoms with Gasteiger partial charge >= 0.3 is 0 Å². The third-order valence-electron chi connectivity index (χ3n) is 5.18. The van der Waals surface area contributed by atoms with Crippen molar-refractivity contribution < 1.29 is 4.79 Å². The maximum absolute atomic E-state index is 12.2. The standard InChI is InChI=1S/C18H25ClN2O/c19-17-8-4-3-6-15(17)11-20-18(22)13-21-10-9-14-5-1-2-7-16(14)12-21/h3-4,6,8,14,16H,1-2,5,7,9-13H2,(H,20,22)/t14-,16+/m0/s1. The van der Waals surface area contributed by atoms with Crippen LogP contribution in [0.3, 0.4) is 0 Å². The molecule has 1 heterocycles. The number of fused-ring (bicyclic) bond motifs is 1. The van der Waals surface area contributed by atoms with Crippen LogP contribution in [0.1, 0.15) is 37.7 Å². The van der Waals surface area contributed by atoms with E-state index in [9.17, 15) is 4.79 Å². The van der Waals surface area contributed by atoms with Gasteiger partial charge in [0.15, 0.2) is 0 Å². The number of amides is 1. The van der Waals surface area contributed by atoms with Crippen LogP contribution in [0.25, 0.3) is 0 Å². The minimum Gasteiger partial charge on any atom is -0.351 e. The van der Waals surface area contributed by atoms with Crippen LogP contribution in [0.15, 0.2) is 24.3 Å². The molecule has 1 aromatic rings. The molecule has 1 aliphatic carbocycles. The maximum atomic E-state index is 12.2. The Morgan fingerprint density at radius 2 is 1.95 bits per heavy atom. The number of hydrogen-bond acceptors (Lipinski definition) is 2. The number of nitrogens with one attached hydrogen (secondary N) is 1. The lowest BCUT2D eigenvalue weighted by atomic mass is 9.75. The number of piperidine rings is 1. The minimum absolute atomic E-state index is 0.106. The highest BCUT2D eigenvalue weighted by molar-refractivity contribution is 6.31. The molecular formula is C18H25ClN2O. The van der Waals surface area contributed by atoms with Gasteiger partial charge in [0.05, 0.1) is 6.54 Å². The van der Waals surface area contributed by atoms with E-state index in [0.717, 1.165) is 30.5 Å². The third-order valence-corrected chi connectivity index (χ3v) is 5.55. The van der Waals surface area contributed by atoms with E-state index in [1.165, 1.54) is 32.1 Å². The van der Waals surface area contributed by atoms with Crippen LogP contribution in [0.2, 0.25) is 5.02 Å².